The number of benzene rings is 2. The number of nitrogens with one attached hydrogen (secondary N) is 1. The number of hydrazine groups is 1. The maximum atomic E-state index is 13.7. The number of hydrogen-bond acceptors (Lipinski definition) is 9. The summed E-state index contributed by atoms with van der Waals surface area (Å²) in [4.78, 5) is 47.0. The molecule has 12 heteroatoms. The number of aromatic nitrogens is 2. The third-order valence-corrected chi connectivity index (χ3v) is 7.57. The minimum absolute atomic E-state index is 0.0176. The molecule has 0 saturated carbocycles. The lowest BCUT2D eigenvalue weighted by Gasteiger charge is -2.32. The maximum absolute atomic E-state index is 13.7. The van der Waals surface area contributed by atoms with Gasteiger partial charge >= 0.3 is 6.09 Å². The van der Waals surface area contributed by atoms with Crippen molar-refractivity contribution in [3.8, 4) is 11.4 Å². The monoisotopic (exact) mass is 619 g/mol. The van der Waals surface area contributed by atoms with E-state index in [1.54, 1.807) is 28.8 Å². The number of hydrogen-bond donors (Lipinski definition) is 1. The Hall–Kier alpha value is -4.45. The van der Waals surface area contributed by atoms with Crippen LogP contribution in [0.15, 0.2) is 40.9 Å². The van der Waals surface area contributed by atoms with Crippen molar-refractivity contribution in [2.45, 2.75) is 67.2 Å². The maximum Gasteiger partial charge on any atom is 0.410 e. The van der Waals surface area contributed by atoms with Crippen molar-refractivity contribution in [1.82, 2.24) is 30.4 Å². The molecule has 242 valence electrons. The molecule has 4 rings (SSSR count). The van der Waals surface area contributed by atoms with Crippen LogP contribution in [0.3, 0.4) is 0 Å². The molecule has 12 nitrogen and oxygen atoms in total. The summed E-state index contributed by atoms with van der Waals surface area (Å²) < 4.78 is 10.6. The molecule has 0 aliphatic carbocycles. The summed E-state index contributed by atoms with van der Waals surface area (Å²) in [7, 11) is 1.77. The average molecular weight is 620 g/mol. The smallest absolute Gasteiger partial charge is 0.410 e. The second kappa shape index (κ2) is 14.1. The van der Waals surface area contributed by atoms with Crippen molar-refractivity contribution in [2.75, 3.05) is 44.7 Å². The fraction of sp³-hybridized carbons (Fsp3) is 0.485. The molecule has 0 radical (unpaired) electrons. The van der Waals surface area contributed by atoms with Gasteiger partial charge in [0.05, 0.1) is 13.1 Å². The topological polar surface area (TPSA) is 124 Å². The first kappa shape index (κ1) is 33.4. The van der Waals surface area contributed by atoms with Gasteiger partial charge in [-0.3, -0.25) is 14.6 Å². The van der Waals surface area contributed by atoms with Crippen LogP contribution in [-0.4, -0.2) is 88.3 Å². The molecule has 0 fully saturated rings. The van der Waals surface area contributed by atoms with Crippen LogP contribution >= 0.6 is 0 Å². The van der Waals surface area contributed by atoms with Crippen LogP contribution in [0.2, 0.25) is 0 Å². The number of fused-ring (bicyclic) bond motifs is 1. The molecule has 2 aromatic carbocycles. The predicted octanol–water partition coefficient (Wildman–Crippen LogP) is 4.23. The van der Waals surface area contributed by atoms with Crippen molar-refractivity contribution in [3.05, 3.63) is 64.5 Å². The van der Waals surface area contributed by atoms with Crippen molar-refractivity contribution in [2.24, 2.45) is 0 Å². The number of nitrogens with zero attached hydrogens (tertiary/aromatic N) is 6. The molecule has 0 bridgehead atoms. The predicted molar refractivity (Wildman–Crippen MR) is 171 cm³/mol. The first-order chi connectivity index (χ1) is 21.2. The number of carbonyl (C=O) groups excluding carboxylic acids is 3. The van der Waals surface area contributed by atoms with Crippen LogP contribution in [-0.2, 0) is 27.4 Å². The van der Waals surface area contributed by atoms with Gasteiger partial charge in [-0.15, -0.1) is 0 Å². The van der Waals surface area contributed by atoms with E-state index in [1.165, 1.54) is 16.7 Å². The quantitative estimate of drug-likeness (QED) is 0.336. The fourth-order valence-corrected chi connectivity index (χ4v) is 5.20. The Balaban J connectivity index is 1.46. The molecule has 0 saturated heterocycles. The van der Waals surface area contributed by atoms with Crippen molar-refractivity contribution in [3.63, 3.8) is 0 Å². The van der Waals surface area contributed by atoms with E-state index in [2.05, 4.69) is 40.6 Å². The minimum atomic E-state index is -0.610. The average Bonchev–Trinajstić information content (AvgIpc) is 3.59. The highest BCUT2D eigenvalue weighted by atomic mass is 16.6. The lowest BCUT2D eigenvalue weighted by atomic mass is 10.1. The second-order valence-corrected chi connectivity index (χ2v) is 12.4. The molecule has 0 atom stereocenters. The number of amides is 3. The highest BCUT2D eigenvalue weighted by Crippen LogP contribution is 2.27. The Labute approximate surface area is 265 Å². The minimum Gasteiger partial charge on any atom is -0.444 e. The van der Waals surface area contributed by atoms with Crippen LogP contribution in [0.4, 0.5) is 10.5 Å². The summed E-state index contributed by atoms with van der Waals surface area (Å²) in [6, 6.07) is 12.0. The fourth-order valence-electron chi connectivity index (χ4n) is 5.20. The van der Waals surface area contributed by atoms with Gasteiger partial charge in [0.25, 0.3) is 5.91 Å². The summed E-state index contributed by atoms with van der Waals surface area (Å²) in [5, 5.41) is 10.6. The SMILES string of the molecule is CCN(CCNC(=O)CN(CC(=O)N(C)N1Cc2ccc(C)cc2C1)c1ccc(-c2noc(C)n2)cc1C)C(=O)OC(C)(C)C. The Kier molecular flexibility index (Phi) is 10.5. The van der Waals surface area contributed by atoms with E-state index in [1.807, 2.05) is 57.8 Å². The van der Waals surface area contributed by atoms with E-state index in [4.69, 9.17) is 9.26 Å². The summed E-state index contributed by atoms with van der Waals surface area (Å²) in [5.74, 6) is 0.515. The van der Waals surface area contributed by atoms with Gasteiger partial charge in [-0.2, -0.15) is 4.98 Å². The van der Waals surface area contributed by atoms with Crippen LogP contribution < -0.4 is 10.2 Å². The van der Waals surface area contributed by atoms with Crippen molar-refractivity contribution < 1.29 is 23.6 Å². The van der Waals surface area contributed by atoms with Gasteiger partial charge in [-0.1, -0.05) is 28.9 Å². The standard InChI is InChI=1S/C33H45N7O5/c1-9-38(32(43)44-33(5,6)7)15-14-34-29(41)20-39(28-13-12-25(17-23(28)3)31-35-24(4)45-36-31)21-30(42)37(8)40-18-26-11-10-22(2)16-27(26)19-40/h10-13,16-17H,9,14-15,18-21H2,1-8H3,(H,34,41). The largest absolute Gasteiger partial charge is 0.444 e. The first-order valence-corrected chi connectivity index (χ1v) is 15.2. The van der Waals surface area contributed by atoms with E-state index in [9.17, 15) is 14.4 Å². The molecule has 1 N–H and O–H groups in total. The third-order valence-electron chi connectivity index (χ3n) is 7.57. The Morgan fingerprint density at radius 1 is 1.02 bits per heavy atom. The zero-order valence-corrected chi connectivity index (χ0v) is 27.6. The highest BCUT2D eigenvalue weighted by Gasteiger charge is 2.28. The van der Waals surface area contributed by atoms with Crippen molar-refractivity contribution in [1.29, 1.82) is 0 Å². The number of rotatable bonds is 11. The van der Waals surface area contributed by atoms with Crippen LogP contribution in [0, 0.1) is 20.8 Å². The molecule has 45 heavy (non-hydrogen) atoms. The number of aryl methyl sites for hydroxylation is 3. The highest BCUT2D eigenvalue weighted by molar-refractivity contribution is 5.87. The zero-order valence-electron chi connectivity index (χ0n) is 27.6. The molecule has 0 spiro atoms. The van der Waals surface area contributed by atoms with Gasteiger partial charge in [-0.05, 0) is 76.4 Å². The van der Waals surface area contributed by atoms with Crippen LogP contribution in [0.25, 0.3) is 11.4 Å². The third kappa shape index (κ3) is 8.81. The van der Waals surface area contributed by atoms with Gasteiger partial charge in [0.1, 0.15) is 5.60 Å². The molecule has 2 heterocycles. The van der Waals surface area contributed by atoms with E-state index in [-0.39, 0.29) is 31.4 Å². The molecule has 1 aliphatic heterocycles. The summed E-state index contributed by atoms with van der Waals surface area (Å²) in [6.45, 7) is 15.2. The summed E-state index contributed by atoms with van der Waals surface area (Å²) in [6.07, 6.45) is -0.429. The second-order valence-electron chi connectivity index (χ2n) is 12.4. The van der Waals surface area contributed by atoms with E-state index >= 15 is 0 Å². The molecule has 3 amide bonds. The Morgan fingerprint density at radius 2 is 1.76 bits per heavy atom. The molecule has 0 unspecified atom stereocenters. The van der Waals surface area contributed by atoms with Crippen molar-refractivity contribution >= 4 is 23.6 Å². The van der Waals surface area contributed by atoms with Gasteiger partial charge < -0.3 is 24.4 Å². The van der Waals surface area contributed by atoms with Gasteiger partial charge in [0.15, 0.2) is 0 Å². The molecular formula is C33H45N7O5. The van der Waals surface area contributed by atoms with E-state index in [0.29, 0.717) is 37.9 Å². The molecule has 3 aromatic rings. The Bertz CT molecular complexity index is 1530. The van der Waals surface area contributed by atoms with E-state index in [0.717, 1.165) is 16.8 Å². The molecule has 1 aliphatic rings. The number of likely N-dealkylation sites (N-methyl/N-ethyl adjacent to an activating group) is 2. The summed E-state index contributed by atoms with van der Waals surface area (Å²) >= 11 is 0. The number of ether oxygens (including phenoxy) is 1. The zero-order chi connectivity index (χ0) is 32.9. The lowest BCUT2D eigenvalue weighted by Crippen LogP contribution is -2.48. The van der Waals surface area contributed by atoms with Crippen LogP contribution in [0.5, 0.6) is 0 Å². The number of anilines is 1. The first-order valence-electron chi connectivity index (χ1n) is 15.2. The lowest BCUT2D eigenvalue weighted by molar-refractivity contribution is -0.145. The number of carbonyl (C=O) groups is 3. The summed E-state index contributed by atoms with van der Waals surface area (Å²) in [5.41, 5.74) is 5.34. The van der Waals surface area contributed by atoms with Gasteiger partial charge in [0, 0.05) is 57.9 Å². The van der Waals surface area contributed by atoms with Gasteiger partial charge in [0.2, 0.25) is 17.6 Å². The Morgan fingerprint density at radius 3 is 2.40 bits per heavy atom. The normalized spacial score (nSPS) is 12.9. The molecule has 1 aromatic heterocycles. The van der Waals surface area contributed by atoms with Crippen LogP contribution in [0.1, 0.15) is 55.8 Å². The van der Waals surface area contributed by atoms with Gasteiger partial charge in [-0.25, -0.2) is 9.80 Å². The van der Waals surface area contributed by atoms with E-state index < -0.39 is 11.7 Å². The molecular weight excluding hydrogens is 574 g/mol.